The molecular formula is C31H27NO3. The third-order valence-corrected chi connectivity index (χ3v) is 6.70. The summed E-state index contributed by atoms with van der Waals surface area (Å²) in [5, 5.41) is 2.00. The van der Waals surface area contributed by atoms with E-state index in [-0.39, 0.29) is 12.1 Å². The fraction of sp³-hybridized carbons (Fsp3) is 0.161. The minimum atomic E-state index is -0.314. The topological polar surface area (TPSA) is 38.8 Å². The van der Waals surface area contributed by atoms with E-state index in [1.165, 1.54) is 5.56 Å². The van der Waals surface area contributed by atoms with Crippen molar-refractivity contribution in [1.29, 1.82) is 0 Å². The first-order chi connectivity index (χ1) is 17.2. The summed E-state index contributed by atoms with van der Waals surface area (Å²) in [6, 6.07) is 32.7. The van der Waals surface area contributed by atoms with Crippen molar-refractivity contribution in [1.82, 2.24) is 0 Å². The third-order valence-electron chi connectivity index (χ3n) is 6.70. The summed E-state index contributed by atoms with van der Waals surface area (Å²) in [7, 11) is 0. The zero-order valence-electron chi connectivity index (χ0n) is 19.8. The molecule has 0 saturated heterocycles. The normalized spacial score (nSPS) is 17.7. The summed E-state index contributed by atoms with van der Waals surface area (Å²) in [5.74, 6) is 2.57. The van der Waals surface area contributed by atoms with Crippen molar-refractivity contribution >= 4 is 5.69 Å². The van der Waals surface area contributed by atoms with Gasteiger partial charge in [0.1, 0.15) is 29.4 Å². The maximum Gasteiger partial charge on any atom is 0.143 e. The molecule has 3 heterocycles. The summed E-state index contributed by atoms with van der Waals surface area (Å²) in [6.45, 7) is 4.15. The van der Waals surface area contributed by atoms with Crippen molar-refractivity contribution in [3.05, 3.63) is 137 Å². The van der Waals surface area contributed by atoms with Gasteiger partial charge in [-0.3, -0.25) is 4.84 Å². The lowest BCUT2D eigenvalue weighted by atomic mass is 9.92. The number of rotatable bonds is 4. The molecule has 0 spiro atoms. The van der Waals surface area contributed by atoms with E-state index < -0.39 is 0 Å². The molecule has 0 N–H and O–H groups in total. The standard InChI is InChI=1S/C31H27NO3/c1-21-15-17-23(18-16-21)28-20-26-22(2)34-31(24-10-5-3-6-11-24)29(26)30(27-14-9-19-33-27)32(35-28)25-12-7-4-8-13-25/h3-19,28,30H,20H2,1-2H3/t28-,30-/m1/s1. The molecule has 5 aromatic rings. The van der Waals surface area contributed by atoms with Gasteiger partial charge in [-0.05, 0) is 43.7 Å². The van der Waals surface area contributed by atoms with E-state index in [0.717, 1.165) is 45.2 Å². The fourth-order valence-corrected chi connectivity index (χ4v) is 4.93. The largest absolute Gasteiger partial charge is 0.467 e. The van der Waals surface area contributed by atoms with E-state index in [0.29, 0.717) is 6.42 Å². The van der Waals surface area contributed by atoms with Gasteiger partial charge in [0, 0.05) is 23.1 Å². The van der Waals surface area contributed by atoms with E-state index in [9.17, 15) is 0 Å². The van der Waals surface area contributed by atoms with Crippen LogP contribution in [0.25, 0.3) is 11.3 Å². The summed E-state index contributed by atoms with van der Waals surface area (Å²) in [4.78, 5) is 6.88. The van der Waals surface area contributed by atoms with E-state index in [4.69, 9.17) is 13.7 Å². The second-order valence-electron chi connectivity index (χ2n) is 9.03. The van der Waals surface area contributed by atoms with E-state index in [1.807, 2.05) is 53.6 Å². The molecule has 1 aliphatic heterocycles. The number of anilines is 1. The second-order valence-corrected chi connectivity index (χ2v) is 9.03. The highest BCUT2D eigenvalue weighted by Gasteiger charge is 2.39. The Balaban J connectivity index is 1.60. The van der Waals surface area contributed by atoms with Crippen LogP contribution < -0.4 is 5.06 Å². The van der Waals surface area contributed by atoms with Gasteiger partial charge in [0.25, 0.3) is 0 Å². The number of aryl methyl sites for hydroxylation is 2. The zero-order chi connectivity index (χ0) is 23.8. The summed E-state index contributed by atoms with van der Waals surface area (Å²) >= 11 is 0. The van der Waals surface area contributed by atoms with Crippen molar-refractivity contribution < 1.29 is 13.7 Å². The first-order valence-electron chi connectivity index (χ1n) is 12.0. The zero-order valence-corrected chi connectivity index (χ0v) is 19.8. The van der Waals surface area contributed by atoms with Crippen LogP contribution in [0.5, 0.6) is 0 Å². The van der Waals surface area contributed by atoms with Gasteiger partial charge < -0.3 is 8.83 Å². The van der Waals surface area contributed by atoms with Gasteiger partial charge in [-0.2, -0.15) is 0 Å². The SMILES string of the molecule is Cc1ccc([C@H]2Cc3c(C)oc(-c4ccccc4)c3[C@@H](c3ccco3)N(c3ccccc3)O2)cc1. The van der Waals surface area contributed by atoms with Gasteiger partial charge in [-0.15, -0.1) is 0 Å². The highest BCUT2D eigenvalue weighted by molar-refractivity contribution is 5.68. The summed E-state index contributed by atoms with van der Waals surface area (Å²) < 4.78 is 12.5. The van der Waals surface area contributed by atoms with E-state index in [2.05, 4.69) is 62.4 Å². The number of nitrogens with zero attached hydrogens (tertiary/aromatic N) is 1. The Hall–Kier alpha value is -4.02. The quantitative estimate of drug-likeness (QED) is 0.272. The monoisotopic (exact) mass is 461 g/mol. The van der Waals surface area contributed by atoms with Crippen LogP contribution in [-0.4, -0.2) is 0 Å². The Morgan fingerprint density at radius 3 is 2.17 bits per heavy atom. The van der Waals surface area contributed by atoms with Crippen molar-refractivity contribution in [2.24, 2.45) is 0 Å². The van der Waals surface area contributed by atoms with Gasteiger partial charge in [0.15, 0.2) is 0 Å². The molecule has 0 aliphatic carbocycles. The Morgan fingerprint density at radius 1 is 0.771 bits per heavy atom. The number of hydroxylamine groups is 1. The summed E-state index contributed by atoms with van der Waals surface area (Å²) in [5.41, 5.74) is 6.59. The molecule has 0 radical (unpaired) electrons. The number of fused-ring (bicyclic) bond motifs is 1. The number of hydrogen-bond donors (Lipinski definition) is 0. The number of hydrogen-bond acceptors (Lipinski definition) is 4. The summed E-state index contributed by atoms with van der Waals surface area (Å²) in [6.07, 6.45) is 2.23. The molecule has 174 valence electrons. The van der Waals surface area contributed by atoms with E-state index >= 15 is 0 Å². The van der Waals surface area contributed by atoms with Crippen LogP contribution >= 0.6 is 0 Å². The average molecular weight is 462 g/mol. The highest BCUT2D eigenvalue weighted by Crippen LogP contribution is 2.47. The molecule has 3 aromatic carbocycles. The van der Waals surface area contributed by atoms with Crippen molar-refractivity contribution in [2.45, 2.75) is 32.4 Å². The molecule has 0 amide bonds. The fourth-order valence-electron chi connectivity index (χ4n) is 4.93. The lowest BCUT2D eigenvalue weighted by Gasteiger charge is -2.32. The molecule has 0 fully saturated rings. The van der Waals surface area contributed by atoms with Crippen LogP contribution in [0.1, 0.15) is 45.9 Å². The lowest BCUT2D eigenvalue weighted by Crippen LogP contribution is -2.30. The molecule has 2 aromatic heterocycles. The maximum absolute atomic E-state index is 6.88. The molecule has 6 rings (SSSR count). The number of furan rings is 2. The number of benzene rings is 3. The Bertz CT molecular complexity index is 1400. The Labute approximate surface area is 205 Å². The van der Waals surface area contributed by atoms with Crippen LogP contribution in [0.3, 0.4) is 0 Å². The third kappa shape index (κ3) is 3.96. The second kappa shape index (κ2) is 8.97. The number of para-hydroxylation sites is 1. The molecule has 0 saturated carbocycles. The molecular weight excluding hydrogens is 434 g/mol. The van der Waals surface area contributed by atoms with Crippen LogP contribution in [0.15, 0.2) is 112 Å². The predicted molar refractivity (Wildman–Crippen MR) is 137 cm³/mol. The van der Waals surface area contributed by atoms with Crippen molar-refractivity contribution in [3.8, 4) is 11.3 Å². The molecule has 4 nitrogen and oxygen atoms in total. The average Bonchev–Trinajstić information content (AvgIpc) is 3.49. The molecule has 0 unspecified atom stereocenters. The molecule has 35 heavy (non-hydrogen) atoms. The van der Waals surface area contributed by atoms with E-state index in [1.54, 1.807) is 6.26 Å². The Kier molecular flexibility index (Phi) is 5.51. The van der Waals surface area contributed by atoms with Crippen LogP contribution in [0, 0.1) is 13.8 Å². The van der Waals surface area contributed by atoms with Gasteiger partial charge in [0.05, 0.1) is 12.0 Å². The van der Waals surface area contributed by atoms with Gasteiger partial charge in [0.2, 0.25) is 0 Å². The van der Waals surface area contributed by atoms with Gasteiger partial charge in [-0.1, -0.05) is 78.4 Å². The first-order valence-corrected chi connectivity index (χ1v) is 12.0. The molecule has 4 heteroatoms. The highest BCUT2D eigenvalue weighted by atomic mass is 16.7. The maximum atomic E-state index is 6.88. The minimum Gasteiger partial charge on any atom is -0.467 e. The molecule has 1 aliphatic rings. The van der Waals surface area contributed by atoms with Crippen LogP contribution in [0.2, 0.25) is 0 Å². The Morgan fingerprint density at radius 2 is 1.49 bits per heavy atom. The first kappa shape index (κ1) is 21.5. The van der Waals surface area contributed by atoms with Gasteiger partial charge in [-0.25, -0.2) is 5.06 Å². The predicted octanol–water partition coefficient (Wildman–Crippen LogP) is 7.98. The molecule has 2 atom stereocenters. The molecule has 0 bridgehead atoms. The smallest absolute Gasteiger partial charge is 0.143 e. The van der Waals surface area contributed by atoms with Crippen molar-refractivity contribution in [3.63, 3.8) is 0 Å². The minimum absolute atomic E-state index is 0.186. The lowest BCUT2D eigenvalue weighted by molar-refractivity contribution is 0.0234. The van der Waals surface area contributed by atoms with Crippen molar-refractivity contribution in [2.75, 3.05) is 5.06 Å². The van der Waals surface area contributed by atoms with Crippen LogP contribution in [0.4, 0.5) is 5.69 Å². The van der Waals surface area contributed by atoms with Crippen LogP contribution in [-0.2, 0) is 11.3 Å². The van der Waals surface area contributed by atoms with Gasteiger partial charge >= 0.3 is 0 Å².